The van der Waals surface area contributed by atoms with Gasteiger partial charge in [-0.15, -0.1) is 0 Å². The second-order valence-electron chi connectivity index (χ2n) is 10.9. The number of carbonyl (C=O) groups excluding carboxylic acids is 1. The Kier molecular flexibility index (Phi) is 7.32. The fourth-order valence-electron chi connectivity index (χ4n) is 6.00. The Morgan fingerprint density at radius 1 is 0.842 bits per heavy atom. The number of nitrogens with one attached hydrogen (secondary N) is 5. The summed E-state index contributed by atoms with van der Waals surface area (Å²) in [4.78, 5) is 21.5. The van der Waals surface area contributed by atoms with Crippen molar-refractivity contribution in [3.05, 3.63) is 48.0 Å². The number of hydrogen-bond donors (Lipinski definition) is 5. The fourth-order valence-corrected chi connectivity index (χ4v) is 6.00. The molecule has 38 heavy (non-hydrogen) atoms. The molecule has 0 aromatic carbocycles. The number of H-pyrrole nitrogens is 1. The van der Waals surface area contributed by atoms with Gasteiger partial charge in [-0.2, -0.15) is 20.3 Å². The highest BCUT2D eigenvalue weighted by molar-refractivity contribution is 5.74. The van der Waals surface area contributed by atoms with Gasteiger partial charge in [0.25, 0.3) is 0 Å². The highest BCUT2D eigenvalue weighted by Gasteiger charge is 2.32. The molecule has 0 unspecified atom stereocenters. The van der Waals surface area contributed by atoms with Gasteiger partial charge in [-0.25, -0.2) is 9.78 Å². The Morgan fingerprint density at radius 3 is 2.42 bits per heavy atom. The summed E-state index contributed by atoms with van der Waals surface area (Å²) in [7, 11) is 0. The summed E-state index contributed by atoms with van der Waals surface area (Å²) in [6.45, 7) is 0. The van der Waals surface area contributed by atoms with Crippen molar-refractivity contribution in [1.29, 1.82) is 0 Å². The van der Waals surface area contributed by atoms with E-state index in [1.807, 2.05) is 18.3 Å². The van der Waals surface area contributed by atoms with E-state index in [1.165, 1.54) is 36.9 Å². The van der Waals surface area contributed by atoms with Gasteiger partial charge in [0.15, 0.2) is 5.82 Å². The first-order valence-electron chi connectivity index (χ1n) is 13.9. The molecule has 0 bridgehead atoms. The molecule has 200 valence electrons. The van der Waals surface area contributed by atoms with E-state index in [-0.39, 0.29) is 24.2 Å². The lowest BCUT2D eigenvalue weighted by Gasteiger charge is -2.36. The van der Waals surface area contributed by atoms with E-state index < -0.39 is 0 Å². The Bertz CT molecular complexity index is 1200. The third-order valence-corrected chi connectivity index (χ3v) is 8.25. The summed E-state index contributed by atoms with van der Waals surface area (Å²) >= 11 is 0. The van der Waals surface area contributed by atoms with Crippen molar-refractivity contribution >= 4 is 23.6 Å². The molecule has 11 heteroatoms. The maximum absolute atomic E-state index is 12.5. The molecule has 3 heterocycles. The second-order valence-corrected chi connectivity index (χ2v) is 10.9. The monoisotopic (exact) mass is 516 g/mol. The number of anilines is 3. The summed E-state index contributed by atoms with van der Waals surface area (Å²) in [5, 5.41) is 28.4. The second kappa shape index (κ2) is 11.3. The minimum absolute atomic E-state index is 0.0609. The van der Waals surface area contributed by atoms with E-state index in [0.29, 0.717) is 17.8 Å². The summed E-state index contributed by atoms with van der Waals surface area (Å²) in [6.07, 6.45) is 16.0. The van der Waals surface area contributed by atoms with E-state index in [9.17, 15) is 4.79 Å². The van der Waals surface area contributed by atoms with Gasteiger partial charge in [0.05, 0.1) is 6.20 Å². The number of hydrogen-bond acceptors (Lipinski definition) is 8. The van der Waals surface area contributed by atoms with E-state index in [2.05, 4.69) is 57.7 Å². The molecule has 0 aliphatic heterocycles. The lowest BCUT2D eigenvalue weighted by atomic mass is 9.76. The summed E-state index contributed by atoms with van der Waals surface area (Å²) in [6, 6.07) is 6.59. The molecule has 0 saturated heterocycles. The van der Waals surface area contributed by atoms with Crippen LogP contribution in [0.2, 0.25) is 0 Å². The van der Waals surface area contributed by atoms with E-state index in [4.69, 9.17) is 0 Å². The smallest absolute Gasteiger partial charge is 0.315 e. The predicted octanol–water partition coefficient (Wildman–Crippen LogP) is 4.36. The molecular weight excluding hydrogens is 480 g/mol. The van der Waals surface area contributed by atoms with Crippen LogP contribution in [0.15, 0.2) is 36.8 Å². The van der Waals surface area contributed by atoms with Gasteiger partial charge in [0.2, 0.25) is 5.95 Å². The topological polar surface area (TPSA) is 145 Å². The maximum Gasteiger partial charge on any atom is 0.315 e. The molecule has 3 saturated carbocycles. The summed E-state index contributed by atoms with van der Waals surface area (Å²) < 4.78 is 0. The zero-order valence-corrected chi connectivity index (χ0v) is 21.6. The number of carbonyl (C=O) groups is 1. The number of rotatable bonds is 8. The van der Waals surface area contributed by atoms with Crippen LogP contribution in [0, 0.1) is 0 Å². The van der Waals surface area contributed by atoms with Gasteiger partial charge in [-0.1, -0.05) is 12.8 Å². The molecule has 3 aromatic heterocycles. The molecule has 5 N–H and O–H groups in total. The van der Waals surface area contributed by atoms with Crippen LogP contribution in [-0.4, -0.2) is 54.5 Å². The molecule has 3 aromatic rings. The lowest BCUT2D eigenvalue weighted by molar-refractivity contribution is 0.214. The van der Waals surface area contributed by atoms with Crippen molar-refractivity contribution in [2.75, 3.05) is 10.6 Å². The van der Waals surface area contributed by atoms with Crippen molar-refractivity contribution in [1.82, 2.24) is 41.0 Å². The Hall–Kier alpha value is -3.76. The Morgan fingerprint density at radius 2 is 1.63 bits per heavy atom. The number of urea groups is 1. The average molecular weight is 517 g/mol. The summed E-state index contributed by atoms with van der Waals surface area (Å²) in [5.41, 5.74) is 2.40. The van der Waals surface area contributed by atoms with E-state index in [0.717, 1.165) is 50.2 Å². The number of amides is 2. The maximum atomic E-state index is 12.5. The molecule has 0 spiro atoms. The average Bonchev–Trinajstić information content (AvgIpc) is 3.60. The van der Waals surface area contributed by atoms with Crippen LogP contribution >= 0.6 is 0 Å². The standard InChI is InChI=1S/C27H36N10O/c38-27(33-22-13-19(14-22)18-9-12-29-30-16-18)32-21-7-5-20(6-8-21)31-26-28-11-10-24(35-26)34-25-15-23(36-37-25)17-3-1-2-4-17/h9-12,15-17,19-22H,1-8,13-14H2,(H2,32,33,38)(H3,28,31,34,35,36,37)/t19-,20-,21-,22-. The Balaban J connectivity index is 0.917. The molecular formula is C27H36N10O. The first-order chi connectivity index (χ1) is 18.7. The number of nitrogens with zero attached hydrogens (tertiary/aromatic N) is 5. The van der Waals surface area contributed by atoms with Gasteiger partial charge in [-0.3, -0.25) is 5.10 Å². The first-order valence-corrected chi connectivity index (χ1v) is 13.9. The molecule has 3 aliphatic carbocycles. The summed E-state index contributed by atoms with van der Waals surface area (Å²) in [5.74, 6) is 3.17. The quantitative estimate of drug-likeness (QED) is 0.297. The first kappa shape index (κ1) is 24.6. The number of aromatic nitrogens is 6. The van der Waals surface area contributed by atoms with Crippen LogP contribution in [0.1, 0.15) is 87.3 Å². The molecule has 3 aliphatic rings. The van der Waals surface area contributed by atoms with Crippen LogP contribution in [0.25, 0.3) is 0 Å². The van der Waals surface area contributed by atoms with Crippen molar-refractivity contribution in [2.24, 2.45) is 0 Å². The number of aromatic amines is 1. The van der Waals surface area contributed by atoms with Gasteiger partial charge in [0, 0.05) is 48.2 Å². The van der Waals surface area contributed by atoms with E-state index >= 15 is 0 Å². The van der Waals surface area contributed by atoms with Gasteiger partial charge < -0.3 is 21.3 Å². The highest BCUT2D eigenvalue weighted by Crippen LogP contribution is 2.36. The van der Waals surface area contributed by atoms with Crippen molar-refractivity contribution in [3.63, 3.8) is 0 Å². The van der Waals surface area contributed by atoms with Crippen LogP contribution < -0.4 is 21.3 Å². The zero-order valence-electron chi connectivity index (χ0n) is 21.6. The van der Waals surface area contributed by atoms with Gasteiger partial charge >= 0.3 is 6.03 Å². The third kappa shape index (κ3) is 6.03. The van der Waals surface area contributed by atoms with Gasteiger partial charge in [-0.05, 0) is 75.0 Å². The zero-order chi connectivity index (χ0) is 25.7. The van der Waals surface area contributed by atoms with Crippen LogP contribution in [0.5, 0.6) is 0 Å². The Labute approximate surface area is 222 Å². The van der Waals surface area contributed by atoms with Crippen molar-refractivity contribution < 1.29 is 4.79 Å². The molecule has 3 fully saturated rings. The van der Waals surface area contributed by atoms with Crippen molar-refractivity contribution in [3.8, 4) is 0 Å². The molecule has 6 rings (SSSR count). The predicted molar refractivity (Wildman–Crippen MR) is 144 cm³/mol. The third-order valence-electron chi connectivity index (χ3n) is 8.25. The fraction of sp³-hybridized carbons (Fsp3) is 0.556. The van der Waals surface area contributed by atoms with E-state index in [1.54, 1.807) is 12.4 Å². The SMILES string of the molecule is O=C(N[C@H]1CC[C@H](Nc2nccc(Nc3cc(C4CCCC4)[nH]n3)n2)CC1)N[C@H]1C[C@H](c2ccnnc2)C1. The largest absolute Gasteiger partial charge is 0.351 e. The molecule has 11 nitrogen and oxygen atoms in total. The van der Waals surface area contributed by atoms with Gasteiger partial charge in [0.1, 0.15) is 5.82 Å². The minimum atomic E-state index is -0.0609. The van der Waals surface area contributed by atoms with Crippen LogP contribution in [0.3, 0.4) is 0 Å². The molecule has 0 atom stereocenters. The molecule has 2 amide bonds. The normalized spacial score (nSPS) is 25.4. The van der Waals surface area contributed by atoms with Crippen LogP contribution in [-0.2, 0) is 0 Å². The van der Waals surface area contributed by atoms with Crippen molar-refractivity contribution in [2.45, 2.75) is 94.2 Å². The van der Waals surface area contributed by atoms with Crippen LogP contribution in [0.4, 0.5) is 22.4 Å². The minimum Gasteiger partial charge on any atom is -0.351 e. The molecule has 0 radical (unpaired) electrons. The highest BCUT2D eigenvalue weighted by atomic mass is 16.2. The lowest BCUT2D eigenvalue weighted by Crippen LogP contribution is -2.51.